The highest BCUT2D eigenvalue weighted by molar-refractivity contribution is 5.89. The molecule has 2 aromatic rings. The lowest BCUT2D eigenvalue weighted by atomic mass is 9.98. The van der Waals surface area contributed by atoms with Crippen molar-refractivity contribution in [3.05, 3.63) is 59.2 Å². The summed E-state index contributed by atoms with van der Waals surface area (Å²) in [5, 5.41) is 9.18. The molecule has 0 bridgehead atoms. The van der Waals surface area contributed by atoms with Crippen LogP contribution in [-0.4, -0.2) is 42.8 Å². The first-order valence-corrected chi connectivity index (χ1v) is 12.8. The van der Waals surface area contributed by atoms with Gasteiger partial charge in [-0.05, 0) is 81.3 Å². The van der Waals surface area contributed by atoms with E-state index in [2.05, 4.69) is 12.1 Å². The number of aryl methyl sites for hydroxylation is 1. The van der Waals surface area contributed by atoms with Crippen LogP contribution in [0.1, 0.15) is 79.8 Å². The van der Waals surface area contributed by atoms with E-state index in [0.29, 0.717) is 30.6 Å². The van der Waals surface area contributed by atoms with Crippen LogP contribution >= 0.6 is 0 Å². The Morgan fingerprint density at radius 1 is 0.886 bits per heavy atom. The SMILES string of the molecule is CC(=O)Cc1cc(C(=O)O)ccc1OCCCc1ccc(OCCCCOC2CCCCC2)cc1. The van der Waals surface area contributed by atoms with Crippen molar-refractivity contribution in [1.82, 2.24) is 0 Å². The Bertz CT molecular complexity index is 931. The van der Waals surface area contributed by atoms with Crippen LogP contribution in [0.2, 0.25) is 0 Å². The van der Waals surface area contributed by atoms with E-state index in [1.54, 1.807) is 6.07 Å². The van der Waals surface area contributed by atoms with Crippen molar-refractivity contribution in [1.29, 1.82) is 0 Å². The lowest BCUT2D eigenvalue weighted by Gasteiger charge is -2.21. The Hall–Kier alpha value is -2.86. The summed E-state index contributed by atoms with van der Waals surface area (Å²) in [6.07, 6.45) is 10.7. The van der Waals surface area contributed by atoms with Crippen LogP contribution in [0.4, 0.5) is 0 Å². The number of carbonyl (C=O) groups is 2. The molecule has 0 unspecified atom stereocenters. The highest BCUT2D eigenvalue weighted by Crippen LogP contribution is 2.23. The van der Waals surface area contributed by atoms with Crippen molar-refractivity contribution >= 4 is 11.8 Å². The van der Waals surface area contributed by atoms with Crippen LogP contribution in [0.3, 0.4) is 0 Å². The zero-order valence-corrected chi connectivity index (χ0v) is 20.8. The molecule has 1 saturated carbocycles. The highest BCUT2D eigenvalue weighted by Gasteiger charge is 2.13. The van der Waals surface area contributed by atoms with E-state index in [1.165, 1.54) is 56.7 Å². The van der Waals surface area contributed by atoms with E-state index in [1.807, 2.05) is 12.1 Å². The predicted molar refractivity (Wildman–Crippen MR) is 136 cm³/mol. The maximum atomic E-state index is 11.5. The summed E-state index contributed by atoms with van der Waals surface area (Å²) >= 11 is 0. The Kier molecular flexibility index (Phi) is 11.1. The van der Waals surface area contributed by atoms with Crippen LogP contribution in [0.25, 0.3) is 0 Å². The van der Waals surface area contributed by atoms with Gasteiger partial charge in [0.2, 0.25) is 0 Å². The summed E-state index contributed by atoms with van der Waals surface area (Å²) in [6, 6.07) is 12.8. The molecule has 6 heteroatoms. The third-order valence-electron chi connectivity index (χ3n) is 6.25. The third-order valence-corrected chi connectivity index (χ3v) is 6.25. The van der Waals surface area contributed by atoms with Crippen molar-refractivity contribution in [2.24, 2.45) is 0 Å². The summed E-state index contributed by atoms with van der Waals surface area (Å²) in [6.45, 7) is 3.50. The normalized spacial score (nSPS) is 14.0. The second kappa shape index (κ2) is 14.5. The Morgan fingerprint density at radius 2 is 1.60 bits per heavy atom. The van der Waals surface area contributed by atoms with Gasteiger partial charge in [-0.15, -0.1) is 0 Å². The van der Waals surface area contributed by atoms with Gasteiger partial charge in [-0.25, -0.2) is 4.79 Å². The lowest BCUT2D eigenvalue weighted by Crippen LogP contribution is -2.17. The van der Waals surface area contributed by atoms with Gasteiger partial charge in [0.05, 0.1) is 24.9 Å². The van der Waals surface area contributed by atoms with Gasteiger partial charge in [0.1, 0.15) is 17.3 Å². The molecular weight excluding hydrogens is 444 g/mol. The molecule has 1 aliphatic rings. The summed E-state index contributed by atoms with van der Waals surface area (Å²) < 4.78 is 17.7. The summed E-state index contributed by atoms with van der Waals surface area (Å²) in [7, 11) is 0. The van der Waals surface area contributed by atoms with E-state index in [9.17, 15) is 14.7 Å². The van der Waals surface area contributed by atoms with E-state index in [-0.39, 0.29) is 17.8 Å². The molecule has 0 aliphatic heterocycles. The molecule has 0 aromatic heterocycles. The van der Waals surface area contributed by atoms with Gasteiger partial charge in [-0.3, -0.25) is 4.79 Å². The topological polar surface area (TPSA) is 82.1 Å². The summed E-state index contributed by atoms with van der Waals surface area (Å²) in [5.41, 5.74) is 1.97. The van der Waals surface area contributed by atoms with Crippen molar-refractivity contribution in [2.75, 3.05) is 19.8 Å². The monoisotopic (exact) mass is 482 g/mol. The number of ketones is 1. The third kappa shape index (κ3) is 9.73. The second-order valence-electron chi connectivity index (χ2n) is 9.29. The molecule has 6 nitrogen and oxygen atoms in total. The van der Waals surface area contributed by atoms with Crippen LogP contribution in [-0.2, 0) is 22.4 Å². The van der Waals surface area contributed by atoms with Crippen molar-refractivity contribution in [2.45, 2.75) is 77.2 Å². The smallest absolute Gasteiger partial charge is 0.335 e. The van der Waals surface area contributed by atoms with Gasteiger partial charge in [0, 0.05) is 18.6 Å². The molecule has 0 radical (unpaired) electrons. The maximum Gasteiger partial charge on any atom is 0.335 e. The summed E-state index contributed by atoms with van der Waals surface area (Å²) in [5.74, 6) is 0.397. The van der Waals surface area contributed by atoms with Crippen molar-refractivity contribution < 1.29 is 28.9 Å². The maximum absolute atomic E-state index is 11.5. The van der Waals surface area contributed by atoms with Gasteiger partial charge in [0.15, 0.2) is 0 Å². The first kappa shape index (κ1) is 26.7. The van der Waals surface area contributed by atoms with Gasteiger partial charge in [-0.1, -0.05) is 31.4 Å². The van der Waals surface area contributed by atoms with Crippen molar-refractivity contribution in [3.8, 4) is 11.5 Å². The predicted octanol–water partition coefficient (Wildman–Crippen LogP) is 6.04. The van der Waals surface area contributed by atoms with Crippen LogP contribution in [0, 0.1) is 0 Å². The fraction of sp³-hybridized carbons (Fsp3) is 0.517. The molecule has 3 rings (SSSR count). The molecule has 2 aromatic carbocycles. The zero-order chi connectivity index (χ0) is 24.9. The lowest BCUT2D eigenvalue weighted by molar-refractivity contribution is -0.116. The Labute approximate surface area is 208 Å². The number of carbonyl (C=O) groups excluding carboxylic acids is 1. The minimum Gasteiger partial charge on any atom is -0.494 e. The van der Waals surface area contributed by atoms with E-state index >= 15 is 0 Å². The molecule has 35 heavy (non-hydrogen) atoms. The van der Waals surface area contributed by atoms with Crippen molar-refractivity contribution in [3.63, 3.8) is 0 Å². The quantitative estimate of drug-likeness (QED) is 0.312. The molecule has 190 valence electrons. The average Bonchev–Trinajstić information content (AvgIpc) is 2.85. The number of Topliss-reactive ketones (excluding diaryl/α,β-unsaturated/α-hetero) is 1. The number of ether oxygens (including phenoxy) is 3. The average molecular weight is 483 g/mol. The molecule has 0 amide bonds. The van der Waals surface area contributed by atoms with Gasteiger partial charge in [-0.2, -0.15) is 0 Å². The molecule has 0 spiro atoms. The number of aromatic carboxylic acids is 1. The minimum atomic E-state index is -1.02. The minimum absolute atomic E-state index is 0.0347. The van der Waals surface area contributed by atoms with Crippen LogP contribution < -0.4 is 9.47 Å². The number of unbranched alkanes of at least 4 members (excludes halogenated alkanes) is 1. The number of rotatable bonds is 15. The number of carboxylic acids is 1. The zero-order valence-electron chi connectivity index (χ0n) is 20.8. The van der Waals surface area contributed by atoms with Crippen LogP contribution in [0.5, 0.6) is 11.5 Å². The number of benzene rings is 2. The van der Waals surface area contributed by atoms with E-state index in [0.717, 1.165) is 38.0 Å². The Morgan fingerprint density at radius 3 is 2.31 bits per heavy atom. The first-order valence-electron chi connectivity index (χ1n) is 12.8. The fourth-order valence-electron chi connectivity index (χ4n) is 4.35. The van der Waals surface area contributed by atoms with Crippen LogP contribution in [0.15, 0.2) is 42.5 Å². The standard InChI is InChI=1S/C29H38O6/c1-22(30)20-25-21-24(29(31)32)13-16-28(25)35-19-7-8-23-11-14-27(15-12-23)34-18-6-5-17-33-26-9-3-2-4-10-26/h11-16,21,26H,2-10,17-20H2,1H3,(H,31,32). The fourth-order valence-corrected chi connectivity index (χ4v) is 4.35. The largest absolute Gasteiger partial charge is 0.494 e. The molecule has 0 heterocycles. The number of hydrogen-bond donors (Lipinski definition) is 1. The molecule has 0 atom stereocenters. The van der Waals surface area contributed by atoms with E-state index < -0.39 is 5.97 Å². The molecule has 1 fully saturated rings. The van der Waals surface area contributed by atoms with Gasteiger partial charge >= 0.3 is 5.97 Å². The molecule has 0 saturated heterocycles. The number of hydrogen-bond acceptors (Lipinski definition) is 5. The molecule has 1 aliphatic carbocycles. The molecular formula is C29H38O6. The summed E-state index contributed by atoms with van der Waals surface area (Å²) in [4.78, 5) is 22.7. The molecule has 1 N–H and O–H groups in total. The van der Waals surface area contributed by atoms with Gasteiger partial charge < -0.3 is 19.3 Å². The van der Waals surface area contributed by atoms with Gasteiger partial charge in [0.25, 0.3) is 0 Å². The highest BCUT2D eigenvalue weighted by atomic mass is 16.5. The van der Waals surface area contributed by atoms with E-state index in [4.69, 9.17) is 14.2 Å². The first-order chi connectivity index (χ1) is 17.0. The Balaban J connectivity index is 1.32. The number of carboxylic acid groups (broad SMARTS) is 1. The second-order valence-corrected chi connectivity index (χ2v) is 9.29.